The van der Waals surface area contributed by atoms with Crippen molar-refractivity contribution >= 4 is 17.4 Å². The van der Waals surface area contributed by atoms with E-state index in [9.17, 15) is 9.90 Å². The van der Waals surface area contributed by atoms with Crippen molar-refractivity contribution in [1.29, 1.82) is 0 Å². The Hall–Kier alpha value is -2.04. The van der Waals surface area contributed by atoms with E-state index in [4.69, 9.17) is 9.25 Å². The molecule has 0 bridgehead atoms. The molecular weight excluding hydrogens is 246 g/mol. The molecule has 19 heavy (non-hydrogen) atoms. The summed E-state index contributed by atoms with van der Waals surface area (Å²) in [6.07, 6.45) is 2.79. The molecule has 0 amide bonds. The minimum Gasteiger partial charge on any atom is -0.507 e. The Kier molecular flexibility index (Phi) is 3.74. The molecule has 1 aromatic rings. The molecule has 1 aliphatic carbocycles. The summed E-state index contributed by atoms with van der Waals surface area (Å²) in [4.78, 5) is 16.8. The van der Waals surface area contributed by atoms with E-state index in [0.29, 0.717) is 41.4 Å². The second kappa shape index (κ2) is 5.30. The fourth-order valence-electron chi connectivity index (χ4n) is 2.09. The molecule has 0 radical (unpaired) electrons. The van der Waals surface area contributed by atoms with Crippen molar-refractivity contribution in [3.8, 4) is 5.75 Å². The van der Waals surface area contributed by atoms with Crippen LogP contribution in [0.15, 0.2) is 14.4 Å². The molecule has 0 saturated heterocycles. The summed E-state index contributed by atoms with van der Waals surface area (Å²) in [5.74, 6) is 0.0172. The van der Waals surface area contributed by atoms with Gasteiger partial charge in [0.15, 0.2) is 0 Å². The normalized spacial score (nSPS) is 16.2. The number of oxime groups is 1. The Bertz CT molecular complexity index is 697. The van der Waals surface area contributed by atoms with Crippen molar-refractivity contribution in [3.63, 3.8) is 0 Å². The Morgan fingerprint density at radius 3 is 2.84 bits per heavy atom. The molecule has 1 N–H and O–H groups in total. The van der Waals surface area contributed by atoms with Crippen LogP contribution in [0.25, 0.3) is 11.6 Å². The molecule has 0 fully saturated rings. The summed E-state index contributed by atoms with van der Waals surface area (Å²) in [6, 6.07) is 0. The van der Waals surface area contributed by atoms with Crippen molar-refractivity contribution in [2.24, 2.45) is 5.16 Å². The molecule has 0 spiro atoms. The third kappa shape index (κ3) is 2.28. The fraction of sp³-hybridized carbons (Fsp3) is 0.429. The smallest absolute Gasteiger partial charge is 0.343 e. The Morgan fingerprint density at radius 2 is 2.21 bits per heavy atom. The van der Waals surface area contributed by atoms with Crippen LogP contribution in [0.4, 0.5) is 0 Å². The SMILES string of the molecule is CCON=C1CC=c2c(O)c(CC)c(=O)oc2=C1C. The van der Waals surface area contributed by atoms with E-state index < -0.39 is 5.63 Å². The third-order valence-corrected chi connectivity index (χ3v) is 3.16. The van der Waals surface area contributed by atoms with Crippen molar-refractivity contribution in [2.75, 3.05) is 6.61 Å². The quantitative estimate of drug-likeness (QED) is 0.813. The van der Waals surface area contributed by atoms with E-state index in [1.54, 1.807) is 19.9 Å². The maximum Gasteiger partial charge on any atom is 0.343 e. The lowest BCUT2D eigenvalue weighted by molar-refractivity contribution is 0.159. The van der Waals surface area contributed by atoms with Gasteiger partial charge in [-0.25, -0.2) is 4.79 Å². The predicted molar refractivity (Wildman–Crippen MR) is 72.5 cm³/mol. The van der Waals surface area contributed by atoms with E-state index >= 15 is 0 Å². The van der Waals surface area contributed by atoms with E-state index in [-0.39, 0.29) is 5.75 Å². The summed E-state index contributed by atoms with van der Waals surface area (Å²) in [5.41, 5.74) is 1.63. The van der Waals surface area contributed by atoms with Gasteiger partial charge in [-0.1, -0.05) is 18.2 Å². The molecule has 0 unspecified atom stereocenters. The van der Waals surface area contributed by atoms with Crippen LogP contribution < -0.4 is 16.3 Å². The van der Waals surface area contributed by atoms with Crippen molar-refractivity contribution in [2.45, 2.75) is 33.6 Å². The second-order valence-electron chi connectivity index (χ2n) is 4.30. The standard InChI is InChI=1S/C14H17NO4/c1-4-9-12(16)10-6-7-11(15-18-5-2)8(3)13(10)19-14(9)17/h6,16H,4-5,7H2,1-3H3. The first-order valence-electron chi connectivity index (χ1n) is 6.35. The average Bonchev–Trinajstić information content (AvgIpc) is 2.39. The molecule has 5 nitrogen and oxygen atoms in total. The van der Waals surface area contributed by atoms with Gasteiger partial charge in [-0.05, 0) is 20.3 Å². The third-order valence-electron chi connectivity index (χ3n) is 3.16. The average molecular weight is 263 g/mol. The minimum atomic E-state index is -0.496. The van der Waals surface area contributed by atoms with Crippen LogP contribution in [-0.4, -0.2) is 17.4 Å². The highest BCUT2D eigenvalue weighted by Gasteiger charge is 2.16. The minimum absolute atomic E-state index is 0.0172. The Labute approximate surface area is 110 Å². The van der Waals surface area contributed by atoms with Crippen molar-refractivity contribution in [1.82, 2.24) is 0 Å². The lowest BCUT2D eigenvalue weighted by Gasteiger charge is -2.10. The maximum atomic E-state index is 11.8. The summed E-state index contributed by atoms with van der Waals surface area (Å²) in [7, 11) is 0. The second-order valence-corrected chi connectivity index (χ2v) is 4.30. The maximum absolute atomic E-state index is 11.8. The predicted octanol–water partition coefficient (Wildman–Crippen LogP) is 0.655. The highest BCUT2D eigenvalue weighted by atomic mass is 16.6. The van der Waals surface area contributed by atoms with Crippen LogP contribution in [0.1, 0.15) is 32.8 Å². The van der Waals surface area contributed by atoms with Gasteiger partial charge in [-0.3, -0.25) is 0 Å². The summed E-state index contributed by atoms with van der Waals surface area (Å²) >= 11 is 0. The molecule has 102 valence electrons. The molecule has 1 aromatic heterocycles. The van der Waals surface area contributed by atoms with Gasteiger partial charge in [0.2, 0.25) is 0 Å². The first kappa shape index (κ1) is 13.4. The number of rotatable bonds is 3. The van der Waals surface area contributed by atoms with Crippen LogP contribution in [0, 0.1) is 0 Å². The van der Waals surface area contributed by atoms with Gasteiger partial charge >= 0.3 is 5.63 Å². The van der Waals surface area contributed by atoms with Gasteiger partial charge in [0.25, 0.3) is 0 Å². The van der Waals surface area contributed by atoms with Crippen LogP contribution in [-0.2, 0) is 11.3 Å². The number of hydrogen-bond donors (Lipinski definition) is 1. The monoisotopic (exact) mass is 263 g/mol. The van der Waals surface area contributed by atoms with Gasteiger partial charge in [0.05, 0.1) is 16.5 Å². The summed E-state index contributed by atoms with van der Waals surface area (Å²) in [6.45, 7) is 5.93. The molecule has 1 heterocycles. The lowest BCUT2D eigenvalue weighted by Crippen LogP contribution is -2.37. The Morgan fingerprint density at radius 1 is 1.47 bits per heavy atom. The number of aromatic hydroxyl groups is 1. The van der Waals surface area contributed by atoms with Crippen LogP contribution in [0.3, 0.4) is 0 Å². The number of nitrogens with zero attached hydrogens (tertiary/aromatic N) is 1. The van der Waals surface area contributed by atoms with Gasteiger partial charge in [-0.15, -0.1) is 0 Å². The molecular formula is C14H17NO4. The van der Waals surface area contributed by atoms with Gasteiger partial charge < -0.3 is 14.4 Å². The zero-order valence-electron chi connectivity index (χ0n) is 11.3. The Balaban J connectivity index is 2.74. The summed E-state index contributed by atoms with van der Waals surface area (Å²) < 4.78 is 5.30. The highest BCUT2D eigenvalue weighted by molar-refractivity contribution is 6.19. The number of hydrogen-bond acceptors (Lipinski definition) is 5. The van der Waals surface area contributed by atoms with Gasteiger partial charge in [0, 0.05) is 12.0 Å². The topological polar surface area (TPSA) is 72.0 Å². The van der Waals surface area contributed by atoms with Crippen molar-refractivity contribution in [3.05, 3.63) is 26.6 Å². The zero-order valence-corrected chi connectivity index (χ0v) is 11.3. The van der Waals surface area contributed by atoms with E-state index in [2.05, 4.69) is 5.16 Å². The molecule has 0 aromatic carbocycles. The van der Waals surface area contributed by atoms with Crippen LogP contribution in [0.5, 0.6) is 5.75 Å². The first-order valence-corrected chi connectivity index (χ1v) is 6.35. The molecule has 0 aliphatic heterocycles. The lowest BCUT2D eigenvalue weighted by atomic mass is 10.0. The molecule has 0 atom stereocenters. The van der Waals surface area contributed by atoms with Gasteiger partial charge in [0.1, 0.15) is 17.8 Å². The van der Waals surface area contributed by atoms with E-state index in [1.165, 1.54) is 0 Å². The molecule has 5 heteroatoms. The van der Waals surface area contributed by atoms with E-state index in [1.807, 2.05) is 6.92 Å². The summed E-state index contributed by atoms with van der Waals surface area (Å²) in [5, 5.41) is 14.7. The van der Waals surface area contributed by atoms with Crippen LogP contribution >= 0.6 is 0 Å². The molecule has 1 aliphatic rings. The fourth-order valence-corrected chi connectivity index (χ4v) is 2.09. The highest BCUT2D eigenvalue weighted by Crippen LogP contribution is 2.10. The largest absolute Gasteiger partial charge is 0.507 e. The van der Waals surface area contributed by atoms with E-state index in [0.717, 1.165) is 5.57 Å². The number of fused-ring (bicyclic) bond motifs is 1. The van der Waals surface area contributed by atoms with Crippen molar-refractivity contribution < 1.29 is 14.4 Å². The van der Waals surface area contributed by atoms with Gasteiger partial charge in [-0.2, -0.15) is 0 Å². The molecule has 2 rings (SSSR count). The van der Waals surface area contributed by atoms with Crippen LogP contribution in [0.2, 0.25) is 0 Å². The first-order chi connectivity index (χ1) is 9.10. The molecule has 0 saturated carbocycles. The zero-order chi connectivity index (χ0) is 14.0.